The lowest BCUT2D eigenvalue weighted by molar-refractivity contribution is -0.118. The van der Waals surface area contributed by atoms with E-state index in [4.69, 9.17) is 0 Å². The molecule has 1 heterocycles. The van der Waals surface area contributed by atoms with Gasteiger partial charge in [0.1, 0.15) is 0 Å². The van der Waals surface area contributed by atoms with Crippen LogP contribution in [-0.2, 0) is 11.2 Å². The lowest BCUT2D eigenvalue weighted by Gasteiger charge is -2.09. The van der Waals surface area contributed by atoms with Crippen LogP contribution in [0.4, 0.5) is 0 Å². The summed E-state index contributed by atoms with van der Waals surface area (Å²) in [6.07, 6.45) is 4.02. The highest BCUT2D eigenvalue weighted by Crippen LogP contribution is 2.14. The van der Waals surface area contributed by atoms with Crippen molar-refractivity contribution in [3.8, 4) is 5.69 Å². The van der Waals surface area contributed by atoms with E-state index in [0.717, 1.165) is 35.0 Å². The summed E-state index contributed by atoms with van der Waals surface area (Å²) in [5.41, 5.74) is 3.95. The number of rotatable bonds is 7. The summed E-state index contributed by atoms with van der Waals surface area (Å²) in [5, 5.41) is 3.21. The molecule has 3 aromatic rings. The molecule has 3 rings (SSSR count). The van der Waals surface area contributed by atoms with Crippen molar-refractivity contribution in [1.82, 2.24) is 14.9 Å². The largest absolute Gasteiger partial charge is 0.355 e. The van der Waals surface area contributed by atoms with Gasteiger partial charge in [-0.25, -0.2) is 4.98 Å². The van der Waals surface area contributed by atoms with E-state index in [1.54, 1.807) is 17.0 Å². The number of hydrogen-bond donors (Lipinski definition) is 1. The number of amides is 1. The standard InChI is InChI=1S/C22H23N3O2S/c1-16-12-17(2)14-19(13-16)25-11-10-24-21(22(25)27)28-15-20(26)23-9-8-18-6-4-3-5-7-18/h3-7,10-14H,8-9,15H2,1-2H3,(H,23,26). The van der Waals surface area contributed by atoms with Crippen LogP contribution in [0.1, 0.15) is 16.7 Å². The van der Waals surface area contributed by atoms with Gasteiger partial charge < -0.3 is 5.32 Å². The highest BCUT2D eigenvalue weighted by Gasteiger charge is 2.10. The van der Waals surface area contributed by atoms with Crippen molar-refractivity contribution in [3.05, 3.63) is 88.0 Å². The zero-order valence-electron chi connectivity index (χ0n) is 16.0. The fraction of sp³-hybridized carbons (Fsp3) is 0.227. The van der Waals surface area contributed by atoms with Crippen LogP contribution in [0.5, 0.6) is 0 Å². The number of nitrogens with zero attached hydrogens (tertiary/aromatic N) is 2. The number of thioether (sulfide) groups is 1. The number of aryl methyl sites for hydroxylation is 2. The van der Waals surface area contributed by atoms with Gasteiger partial charge in [0.05, 0.1) is 5.75 Å². The van der Waals surface area contributed by atoms with Gasteiger partial charge in [0, 0.05) is 24.6 Å². The highest BCUT2D eigenvalue weighted by molar-refractivity contribution is 7.99. The Kier molecular flexibility index (Phi) is 6.66. The van der Waals surface area contributed by atoms with Gasteiger partial charge in [-0.3, -0.25) is 14.2 Å². The minimum atomic E-state index is -0.213. The van der Waals surface area contributed by atoms with Gasteiger partial charge in [0.2, 0.25) is 5.91 Å². The summed E-state index contributed by atoms with van der Waals surface area (Å²) in [4.78, 5) is 29.0. The average Bonchev–Trinajstić information content (AvgIpc) is 2.67. The lowest BCUT2D eigenvalue weighted by Crippen LogP contribution is -2.28. The van der Waals surface area contributed by atoms with E-state index in [1.165, 1.54) is 5.56 Å². The fourth-order valence-electron chi connectivity index (χ4n) is 2.96. The van der Waals surface area contributed by atoms with Crippen molar-refractivity contribution < 1.29 is 4.79 Å². The fourth-order valence-corrected chi connectivity index (χ4v) is 3.69. The first-order valence-corrected chi connectivity index (χ1v) is 10.1. The number of carbonyl (C=O) groups is 1. The molecule has 28 heavy (non-hydrogen) atoms. The van der Waals surface area contributed by atoms with E-state index in [2.05, 4.69) is 16.4 Å². The minimum absolute atomic E-state index is 0.107. The first-order chi connectivity index (χ1) is 13.5. The first-order valence-electron chi connectivity index (χ1n) is 9.12. The predicted octanol–water partition coefficient (Wildman–Crippen LogP) is 3.30. The molecule has 1 aromatic heterocycles. The third kappa shape index (κ3) is 5.33. The molecule has 1 amide bonds. The molecular weight excluding hydrogens is 370 g/mol. The second-order valence-electron chi connectivity index (χ2n) is 6.63. The average molecular weight is 394 g/mol. The first kappa shape index (κ1) is 19.9. The number of carbonyl (C=O) groups excluding carboxylic acids is 1. The maximum absolute atomic E-state index is 12.8. The van der Waals surface area contributed by atoms with Gasteiger partial charge in [0.15, 0.2) is 5.03 Å². The minimum Gasteiger partial charge on any atom is -0.355 e. The Hall–Kier alpha value is -2.86. The van der Waals surface area contributed by atoms with Crippen LogP contribution < -0.4 is 10.9 Å². The summed E-state index contributed by atoms with van der Waals surface area (Å²) in [6.45, 7) is 4.56. The smallest absolute Gasteiger partial charge is 0.287 e. The molecule has 0 saturated carbocycles. The van der Waals surface area contributed by atoms with E-state index in [1.807, 2.05) is 56.3 Å². The molecule has 1 N–H and O–H groups in total. The van der Waals surface area contributed by atoms with E-state index in [0.29, 0.717) is 11.6 Å². The molecule has 0 aliphatic rings. The maximum atomic E-state index is 12.8. The zero-order valence-corrected chi connectivity index (χ0v) is 16.8. The monoisotopic (exact) mass is 393 g/mol. The summed E-state index contributed by atoms with van der Waals surface area (Å²) in [7, 11) is 0. The molecule has 0 unspecified atom stereocenters. The molecule has 144 valence electrons. The van der Waals surface area contributed by atoms with Gasteiger partial charge >= 0.3 is 0 Å². The summed E-state index contributed by atoms with van der Waals surface area (Å²) in [5.74, 6) is 0.0531. The highest BCUT2D eigenvalue weighted by atomic mass is 32.2. The number of hydrogen-bond acceptors (Lipinski definition) is 4. The lowest BCUT2D eigenvalue weighted by atomic mass is 10.1. The van der Waals surface area contributed by atoms with Crippen molar-refractivity contribution in [2.75, 3.05) is 12.3 Å². The second-order valence-corrected chi connectivity index (χ2v) is 7.59. The Bertz CT molecular complexity index is 996. The summed E-state index contributed by atoms with van der Waals surface area (Å²) < 4.78 is 1.57. The van der Waals surface area contributed by atoms with Crippen LogP contribution in [0.3, 0.4) is 0 Å². The molecule has 0 fully saturated rings. The van der Waals surface area contributed by atoms with Crippen molar-refractivity contribution in [2.24, 2.45) is 0 Å². The molecule has 0 saturated heterocycles. The van der Waals surface area contributed by atoms with Crippen molar-refractivity contribution >= 4 is 17.7 Å². The number of aromatic nitrogens is 2. The molecular formula is C22H23N3O2S. The van der Waals surface area contributed by atoms with Crippen LogP contribution in [0, 0.1) is 13.8 Å². The Balaban J connectivity index is 1.60. The molecule has 0 bridgehead atoms. The summed E-state index contributed by atoms with van der Waals surface area (Å²) in [6, 6.07) is 16.0. The Labute approximate surface area is 168 Å². The second kappa shape index (κ2) is 9.37. The van der Waals surface area contributed by atoms with E-state index >= 15 is 0 Å². The van der Waals surface area contributed by atoms with E-state index in [-0.39, 0.29) is 17.2 Å². The third-order valence-corrected chi connectivity index (χ3v) is 5.17. The van der Waals surface area contributed by atoms with Crippen LogP contribution in [0.2, 0.25) is 0 Å². The van der Waals surface area contributed by atoms with Crippen molar-refractivity contribution in [1.29, 1.82) is 0 Å². The van der Waals surface area contributed by atoms with Crippen molar-refractivity contribution in [2.45, 2.75) is 25.3 Å². The molecule has 0 radical (unpaired) electrons. The number of nitrogens with one attached hydrogen (secondary N) is 1. The normalized spacial score (nSPS) is 10.6. The molecule has 6 heteroatoms. The van der Waals surface area contributed by atoms with Gasteiger partial charge in [-0.2, -0.15) is 0 Å². The van der Waals surface area contributed by atoms with Crippen LogP contribution >= 0.6 is 11.8 Å². The molecule has 0 aliphatic heterocycles. The predicted molar refractivity (Wildman–Crippen MR) is 113 cm³/mol. The molecule has 0 spiro atoms. The zero-order chi connectivity index (χ0) is 19.9. The van der Waals surface area contributed by atoms with Gasteiger partial charge in [-0.1, -0.05) is 48.2 Å². The van der Waals surface area contributed by atoms with Gasteiger partial charge in [0.25, 0.3) is 5.56 Å². The number of benzene rings is 2. The van der Waals surface area contributed by atoms with Crippen LogP contribution in [0.25, 0.3) is 5.69 Å². The van der Waals surface area contributed by atoms with E-state index in [9.17, 15) is 9.59 Å². The Morgan fingerprint density at radius 2 is 1.82 bits per heavy atom. The van der Waals surface area contributed by atoms with Crippen LogP contribution in [0.15, 0.2) is 70.7 Å². The SMILES string of the molecule is Cc1cc(C)cc(-n2ccnc(SCC(=O)NCCc3ccccc3)c2=O)c1. The Morgan fingerprint density at radius 1 is 1.11 bits per heavy atom. The molecule has 0 atom stereocenters. The van der Waals surface area contributed by atoms with Gasteiger partial charge in [-0.15, -0.1) is 0 Å². The summed E-state index contributed by atoms with van der Waals surface area (Å²) >= 11 is 1.16. The van der Waals surface area contributed by atoms with Crippen LogP contribution in [-0.4, -0.2) is 27.8 Å². The molecule has 2 aromatic carbocycles. The topological polar surface area (TPSA) is 64.0 Å². The maximum Gasteiger partial charge on any atom is 0.287 e. The van der Waals surface area contributed by atoms with Gasteiger partial charge in [-0.05, 0) is 49.1 Å². The Morgan fingerprint density at radius 3 is 2.54 bits per heavy atom. The molecule has 5 nitrogen and oxygen atoms in total. The van der Waals surface area contributed by atoms with E-state index < -0.39 is 0 Å². The molecule has 0 aliphatic carbocycles. The van der Waals surface area contributed by atoms with Crippen molar-refractivity contribution in [3.63, 3.8) is 0 Å². The third-order valence-electron chi connectivity index (χ3n) is 4.21. The quantitative estimate of drug-likeness (QED) is 0.626.